The molecule has 4 nitrogen and oxygen atoms in total. The minimum absolute atomic E-state index is 0.0872. The van der Waals surface area contributed by atoms with Crippen molar-refractivity contribution in [3.63, 3.8) is 0 Å². The van der Waals surface area contributed by atoms with Gasteiger partial charge in [0.15, 0.2) is 0 Å². The fourth-order valence-electron chi connectivity index (χ4n) is 2.12. The summed E-state index contributed by atoms with van der Waals surface area (Å²) in [4.78, 5) is 6.81. The van der Waals surface area contributed by atoms with Gasteiger partial charge in [0.25, 0.3) is 0 Å². The van der Waals surface area contributed by atoms with Gasteiger partial charge < -0.3 is 15.7 Å². The third kappa shape index (κ3) is 3.40. The van der Waals surface area contributed by atoms with Crippen LogP contribution in [0.1, 0.15) is 32.3 Å². The lowest BCUT2D eigenvalue weighted by atomic mass is 10.1. The van der Waals surface area contributed by atoms with Crippen LogP contribution < -0.4 is 10.6 Å². The van der Waals surface area contributed by atoms with Gasteiger partial charge in [-0.25, -0.2) is 4.98 Å². The van der Waals surface area contributed by atoms with E-state index in [9.17, 15) is 5.11 Å². The molecule has 0 aliphatic carbocycles. The minimum atomic E-state index is 0.0872. The second-order valence-corrected chi connectivity index (χ2v) is 4.57. The summed E-state index contributed by atoms with van der Waals surface area (Å²) in [6.07, 6.45) is 3.71. The summed E-state index contributed by atoms with van der Waals surface area (Å²) in [6, 6.07) is 4.03. The van der Waals surface area contributed by atoms with Gasteiger partial charge in [-0.05, 0) is 25.0 Å². The second-order valence-electron chi connectivity index (χ2n) is 4.13. The highest BCUT2D eigenvalue weighted by Gasteiger charge is 2.20. The molecule has 0 saturated carbocycles. The van der Waals surface area contributed by atoms with E-state index in [0.717, 1.165) is 24.2 Å². The molecule has 1 heterocycles. The normalized spacial score (nSPS) is 10.7. The van der Waals surface area contributed by atoms with E-state index in [4.69, 9.17) is 18.0 Å². The zero-order valence-electron chi connectivity index (χ0n) is 11.0. The van der Waals surface area contributed by atoms with Gasteiger partial charge in [0.05, 0.1) is 12.2 Å². The van der Waals surface area contributed by atoms with Gasteiger partial charge in [0.2, 0.25) is 0 Å². The molecule has 0 aliphatic rings. The van der Waals surface area contributed by atoms with Crippen molar-refractivity contribution in [3.8, 4) is 0 Å². The number of aliphatic hydroxyl groups is 1. The van der Waals surface area contributed by atoms with Crippen molar-refractivity contribution in [1.29, 1.82) is 0 Å². The van der Waals surface area contributed by atoms with E-state index in [1.165, 1.54) is 0 Å². The van der Waals surface area contributed by atoms with E-state index < -0.39 is 0 Å². The summed E-state index contributed by atoms with van der Waals surface area (Å²) in [5, 5.41) is 9.23. The summed E-state index contributed by atoms with van der Waals surface area (Å²) in [7, 11) is 0. The summed E-state index contributed by atoms with van der Waals surface area (Å²) < 4.78 is 0. The Morgan fingerprint density at radius 2 is 2.17 bits per heavy atom. The van der Waals surface area contributed by atoms with Crippen LogP contribution in [0.25, 0.3) is 0 Å². The molecule has 18 heavy (non-hydrogen) atoms. The number of anilines is 1. The first-order chi connectivity index (χ1) is 8.65. The van der Waals surface area contributed by atoms with Gasteiger partial charge in [-0.1, -0.05) is 26.1 Å². The Morgan fingerprint density at radius 3 is 2.67 bits per heavy atom. The fraction of sp³-hybridized carbons (Fsp3) is 0.538. The molecule has 0 aromatic carbocycles. The van der Waals surface area contributed by atoms with Gasteiger partial charge in [-0.3, -0.25) is 0 Å². The van der Waals surface area contributed by atoms with Crippen molar-refractivity contribution < 1.29 is 5.11 Å². The van der Waals surface area contributed by atoms with Crippen molar-refractivity contribution in [2.75, 3.05) is 18.1 Å². The zero-order valence-corrected chi connectivity index (χ0v) is 11.8. The van der Waals surface area contributed by atoms with Crippen LogP contribution in [0.3, 0.4) is 0 Å². The lowest BCUT2D eigenvalue weighted by molar-refractivity contribution is 0.295. The SMILES string of the molecule is CCC(CC)N(CCO)c1ncccc1C(N)=S. The highest BCUT2D eigenvalue weighted by atomic mass is 32.1. The van der Waals surface area contributed by atoms with E-state index in [2.05, 4.69) is 23.7 Å². The Balaban J connectivity index is 3.16. The molecule has 1 aromatic rings. The van der Waals surface area contributed by atoms with E-state index in [1.807, 2.05) is 12.1 Å². The number of thiocarbonyl (C=S) groups is 1. The molecular weight excluding hydrogens is 246 g/mol. The molecule has 0 aliphatic heterocycles. The summed E-state index contributed by atoms with van der Waals surface area (Å²) in [6.45, 7) is 4.88. The number of hydrogen-bond donors (Lipinski definition) is 2. The molecule has 0 bridgehead atoms. The zero-order chi connectivity index (χ0) is 13.5. The second kappa shape index (κ2) is 7.28. The van der Waals surface area contributed by atoms with Crippen LogP contribution in [-0.2, 0) is 0 Å². The quantitative estimate of drug-likeness (QED) is 0.736. The van der Waals surface area contributed by atoms with Crippen molar-refractivity contribution in [2.24, 2.45) is 5.73 Å². The highest BCUT2D eigenvalue weighted by Crippen LogP contribution is 2.22. The van der Waals surface area contributed by atoms with Crippen LogP contribution in [-0.4, -0.2) is 34.3 Å². The minimum Gasteiger partial charge on any atom is -0.395 e. The van der Waals surface area contributed by atoms with Gasteiger partial charge >= 0.3 is 0 Å². The molecule has 0 saturated heterocycles. The van der Waals surface area contributed by atoms with E-state index in [1.54, 1.807) is 6.20 Å². The largest absolute Gasteiger partial charge is 0.395 e. The smallest absolute Gasteiger partial charge is 0.139 e. The molecular formula is C13H21N3OS. The van der Waals surface area contributed by atoms with Crippen molar-refractivity contribution in [1.82, 2.24) is 4.98 Å². The number of nitrogens with two attached hydrogens (primary N) is 1. The maximum atomic E-state index is 9.23. The number of pyridine rings is 1. The molecule has 0 unspecified atom stereocenters. The van der Waals surface area contributed by atoms with Crippen molar-refractivity contribution in [3.05, 3.63) is 23.9 Å². The molecule has 1 rings (SSSR count). The third-order valence-corrected chi connectivity index (χ3v) is 3.27. The molecule has 0 amide bonds. The number of aliphatic hydroxyl groups excluding tert-OH is 1. The van der Waals surface area contributed by atoms with Crippen molar-refractivity contribution >= 4 is 23.0 Å². The fourth-order valence-corrected chi connectivity index (χ4v) is 2.28. The van der Waals surface area contributed by atoms with Crippen LogP contribution in [0, 0.1) is 0 Å². The average Bonchev–Trinajstić information content (AvgIpc) is 2.39. The monoisotopic (exact) mass is 267 g/mol. The summed E-state index contributed by atoms with van der Waals surface area (Å²) in [5.41, 5.74) is 6.51. The Hall–Kier alpha value is -1.20. The van der Waals surface area contributed by atoms with Crippen LogP contribution in [0.4, 0.5) is 5.82 Å². The first kappa shape index (κ1) is 14.9. The molecule has 1 aromatic heterocycles. The Kier molecular flexibility index (Phi) is 6.01. The van der Waals surface area contributed by atoms with E-state index >= 15 is 0 Å². The Labute approximate surface area is 114 Å². The van der Waals surface area contributed by atoms with E-state index in [0.29, 0.717) is 17.6 Å². The maximum absolute atomic E-state index is 9.23. The first-order valence-corrected chi connectivity index (χ1v) is 6.68. The van der Waals surface area contributed by atoms with Gasteiger partial charge in [-0.2, -0.15) is 0 Å². The molecule has 100 valence electrons. The number of nitrogens with zero attached hydrogens (tertiary/aromatic N) is 2. The highest BCUT2D eigenvalue weighted by molar-refractivity contribution is 7.80. The number of hydrogen-bond acceptors (Lipinski definition) is 4. The topological polar surface area (TPSA) is 62.4 Å². The predicted octanol–water partition coefficient (Wildman–Crippen LogP) is 1.70. The lowest BCUT2D eigenvalue weighted by Gasteiger charge is -2.32. The number of aromatic nitrogens is 1. The molecule has 0 radical (unpaired) electrons. The lowest BCUT2D eigenvalue weighted by Crippen LogP contribution is -2.38. The van der Waals surface area contributed by atoms with Crippen molar-refractivity contribution in [2.45, 2.75) is 32.7 Å². The van der Waals surface area contributed by atoms with E-state index in [-0.39, 0.29) is 6.61 Å². The average molecular weight is 267 g/mol. The first-order valence-electron chi connectivity index (χ1n) is 6.27. The Bertz CT molecular complexity index is 394. The standard InChI is InChI=1S/C13H21N3OS/c1-3-10(4-2)16(8-9-17)13-11(12(14)18)6-5-7-15-13/h5-7,10,17H,3-4,8-9H2,1-2H3,(H2,14,18). The molecule has 0 atom stereocenters. The van der Waals surface area contributed by atoms with Gasteiger partial charge in [-0.15, -0.1) is 0 Å². The van der Waals surface area contributed by atoms with Crippen LogP contribution >= 0.6 is 12.2 Å². The Morgan fingerprint density at radius 1 is 1.50 bits per heavy atom. The maximum Gasteiger partial charge on any atom is 0.139 e. The molecule has 0 fully saturated rings. The molecule has 0 spiro atoms. The van der Waals surface area contributed by atoms with Gasteiger partial charge in [0.1, 0.15) is 10.8 Å². The molecule has 3 N–H and O–H groups in total. The number of rotatable bonds is 7. The van der Waals surface area contributed by atoms with Crippen LogP contribution in [0.5, 0.6) is 0 Å². The van der Waals surface area contributed by atoms with Crippen LogP contribution in [0.2, 0.25) is 0 Å². The molecule has 5 heteroatoms. The third-order valence-electron chi connectivity index (χ3n) is 3.05. The van der Waals surface area contributed by atoms with Gasteiger partial charge in [0, 0.05) is 18.8 Å². The summed E-state index contributed by atoms with van der Waals surface area (Å²) >= 11 is 5.06. The van der Waals surface area contributed by atoms with Crippen LogP contribution in [0.15, 0.2) is 18.3 Å². The predicted molar refractivity (Wildman–Crippen MR) is 78.9 cm³/mol. The summed E-state index contributed by atoms with van der Waals surface area (Å²) in [5.74, 6) is 0.771.